The van der Waals surface area contributed by atoms with Crippen molar-refractivity contribution >= 4 is 17.2 Å². The largest absolute Gasteiger partial charge is 0.507 e. The molecule has 0 bridgehead atoms. The average molecular weight is 494 g/mol. The van der Waals surface area contributed by atoms with Gasteiger partial charge in [0.1, 0.15) is 23.0 Å². The van der Waals surface area contributed by atoms with Crippen LogP contribution in [0.4, 0.5) is 5.69 Å². The predicted molar refractivity (Wildman–Crippen MR) is 149 cm³/mol. The molecule has 0 spiro atoms. The molecule has 0 aromatic heterocycles. The lowest BCUT2D eigenvalue weighted by atomic mass is 9.96. The number of benzene rings is 4. The molecule has 0 radical (unpaired) electrons. The number of nitrogens with one attached hydrogen (secondary N) is 1. The first-order valence-corrected chi connectivity index (χ1v) is 12.2. The average Bonchev–Trinajstić information content (AvgIpc) is 2.89. The van der Waals surface area contributed by atoms with E-state index in [2.05, 4.69) is 33.0 Å². The number of phenolic OH excluding ortho intramolecular Hbond substituents is 2. The summed E-state index contributed by atoms with van der Waals surface area (Å²) in [5.74, 6) is 0.570. The van der Waals surface area contributed by atoms with Gasteiger partial charge in [0.2, 0.25) is 0 Å². The summed E-state index contributed by atoms with van der Waals surface area (Å²) in [4.78, 5) is 13.0. The molecule has 0 saturated heterocycles. The molecule has 0 fully saturated rings. The van der Waals surface area contributed by atoms with Gasteiger partial charge in [-0.3, -0.25) is 4.79 Å². The van der Waals surface area contributed by atoms with Crippen LogP contribution in [0.15, 0.2) is 90.5 Å². The normalized spacial score (nSPS) is 11.6. The fraction of sp³-hybridized carbons (Fsp3) is 0.156. The van der Waals surface area contributed by atoms with Crippen molar-refractivity contribution in [2.45, 2.75) is 34.1 Å². The first-order valence-electron chi connectivity index (χ1n) is 12.2. The van der Waals surface area contributed by atoms with Crippen LogP contribution in [0, 0.1) is 6.92 Å². The lowest BCUT2D eigenvalue weighted by Gasteiger charge is -2.14. The van der Waals surface area contributed by atoms with Crippen LogP contribution in [0.5, 0.6) is 23.0 Å². The van der Waals surface area contributed by atoms with E-state index in [1.807, 2.05) is 36.4 Å². The lowest BCUT2D eigenvalue weighted by Crippen LogP contribution is -2.11. The molecule has 0 aliphatic carbocycles. The summed E-state index contributed by atoms with van der Waals surface area (Å²) in [6.45, 7) is 8.49. The van der Waals surface area contributed by atoms with E-state index in [-0.39, 0.29) is 17.2 Å². The van der Waals surface area contributed by atoms with Crippen molar-refractivity contribution in [2.75, 3.05) is 5.32 Å². The molecule has 188 valence electrons. The number of carbonyl (C=O) groups is 1. The van der Waals surface area contributed by atoms with Crippen LogP contribution in [0.1, 0.15) is 48.7 Å². The number of anilines is 1. The molecule has 4 rings (SSSR count). The molecule has 0 atom stereocenters. The number of carbonyl (C=O) groups excluding carboxylic acids is 1. The Morgan fingerprint density at radius 3 is 2.19 bits per heavy atom. The van der Waals surface area contributed by atoms with Crippen LogP contribution in [-0.4, -0.2) is 16.1 Å². The van der Waals surface area contributed by atoms with Crippen molar-refractivity contribution in [3.63, 3.8) is 0 Å². The van der Waals surface area contributed by atoms with Gasteiger partial charge in [-0.2, -0.15) is 0 Å². The minimum atomic E-state index is -0.390. The first kappa shape index (κ1) is 25.6. The number of amides is 1. The Morgan fingerprint density at radius 2 is 1.51 bits per heavy atom. The van der Waals surface area contributed by atoms with Gasteiger partial charge in [0, 0.05) is 23.4 Å². The van der Waals surface area contributed by atoms with Crippen molar-refractivity contribution < 1.29 is 19.7 Å². The quantitative estimate of drug-likeness (QED) is 0.242. The predicted octanol–water partition coefficient (Wildman–Crippen LogP) is 8.32. The zero-order chi connectivity index (χ0) is 26.5. The number of aromatic hydroxyl groups is 2. The molecule has 0 saturated carbocycles. The van der Waals surface area contributed by atoms with Crippen LogP contribution in [-0.2, 0) is 0 Å². The molecule has 37 heavy (non-hydrogen) atoms. The van der Waals surface area contributed by atoms with Gasteiger partial charge in [-0.1, -0.05) is 55.0 Å². The van der Waals surface area contributed by atoms with Crippen LogP contribution >= 0.6 is 0 Å². The minimum absolute atomic E-state index is 0.128. The van der Waals surface area contributed by atoms with Gasteiger partial charge in [0.05, 0.1) is 5.56 Å². The van der Waals surface area contributed by atoms with E-state index in [4.69, 9.17) is 4.74 Å². The number of hydrogen-bond donors (Lipinski definition) is 3. The van der Waals surface area contributed by atoms with Gasteiger partial charge in [-0.15, -0.1) is 0 Å². The smallest absolute Gasteiger partial charge is 0.255 e. The van der Waals surface area contributed by atoms with E-state index < -0.39 is 5.91 Å². The molecule has 0 aliphatic rings. The first-order chi connectivity index (χ1) is 17.8. The van der Waals surface area contributed by atoms with E-state index in [9.17, 15) is 15.0 Å². The van der Waals surface area contributed by atoms with Gasteiger partial charge in [0.25, 0.3) is 5.91 Å². The molecule has 3 N–H and O–H groups in total. The minimum Gasteiger partial charge on any atom is -0.507 e. The number of phenols is 2. The maximum absolute atomic E-state index is 13.0. The second kappa shape index (κ2) is 11.0. The third kappa shape index (κ3) is 5.84. The van der Waals surface area contributed by atoms with Gasteiger partial charge in [0.15, 0.2) is 0 Å². The summed E-state index contributed by atoms with van der Waals surface area (Å²) in [6, 6.07) is 24.8. The van der Waals surface area contributed by atoms with E-state index in [1.165, 1.54) is 28.8 Å². The highest BCUT2D eigenvalue weighted by molar-refractivity contribution is 6.05. The SMILES string of the molecule is CC/C(C)=C(/C)c1cc(Oc2cccc(C(=O)Nc3cc(O)c(-c4ccccc4)c(O)c3)c2)ccc1C. The third-order valence-corrected chi connectivity index (χ3v) is 6.53. The summed E-state index contributed by atoms with van der Waals surface area (Å²) in [5, 5.41) is 23.8. The van der Waals surface area contributed by atoms with E-state index >= 15 is 0 Å². The van der Waals surface area contributed by atoms with E-state index in [0.717, 1.165) is 12.0 Å². The van der Waals surface area contributed by atoms with Gasteiger partial charge in [-0.25, -0.2) is 0 Å². The van der Waals surface area contributed by atoms with Crippen molar-refractivity contribution in [1.82, 2.24) is 0 Å². The standard InChI is InChI=1S/C32H31NO4/c1-5-20(2)22(4)28-19-27(15-14-21(28)3)37-26-13-9-12-24(16-26)32(36)33-25-17-29(34)31(30(35)18-25)23-10-7-6-8-11-23/h6-19,34-35H,5H2,1-4H3,(H,33,36)/b22-20-. The Balaban J connectivity index is 1.53. The molecule has 4 aromatic rings. The Morgan fingerprint density at radius 1 is 0.838 bits per heavy atom. The van der Waals surface area contributed by atoms with Gasteiger partial charge < -0.3 is 20.3 Å². The summed E-state index contributed by atoms with van der Waals surface area (Å²) in [7, 11) is 0. The third-order valence-electron chi connectivity index (χ3n) is 6.53. The molecule has 0 aliphatic heterocycles. The summed E-state index contributed by atoms with van der Waals surface area (Å²) in [5.41, 5.74) is 6.54. The van der Waals surface area contributed by atoms with Crippen molar-refractivity contribution in [1.29, 1.82) is 0 Å². The summed E-state index contributed by atoms with van der Waals surface area (Å²) in [6.07, 6.45) is 0.984. The van der Waals surface area contributed by atoms with Crippen molar-refractivity contribution in [3.05, 3.63) is 107 Å². The van der Waals surface area contributed by atoms with Crippen LogP contribution in [0.2, 0.25) is 0 Å². The van der Waals surface area contributed by atoms with E-state index in [1.54, 1.807) is 36.4 Å². The Bertz CT molecular complexity index is 1450. The molecule has 0 unspecified atom stereocenters. The molecule has 0 heterocycles. The fourth-order valence-corrected chi connectivity index (χ4v) is 4.19. The number of ether oxygens (including phenoxy) is 1. The highest BCUT2D eigenvalue weighted by atomic mass is 16.5. The topological polar surface area (TPSA) is 78.8 Å². The number of allylic oxidation sites excluding steroid dienone is 2. The maximum atomic E-state index is 13.0. The van der Waals surface area contributed by atoms with Gasteiger partial charge >= 0.3 is 0 Å². The molecular weight excluding hydrogens is 462 g/mol. The van der Waals surface area contributed by atoms with Crippen molar-refractivity contribution in [3.8, 4) is 34.1 Å². The Kier molecular flexibility index (Phi) is 7.63. The van der Waals surface area contributed by atoms with E-state index in [0.29, 0.717) is 28.2 Å². The molecule has 5 heteroatoms. The van der Waals surface area contributed by atoms with Crippen LogP contribution in [0.25, 0.3) is 16.7 Å². The van der Waals surface area contributed by atoms with Crippen LogP contribution in [0.3, 0.4) is 0 Å². The Hall–Kier alpha value is -4.51. The molecular formula is C32H31NO4. The lowest BCUT2D eigenvalue weighted by molar-refractivity contribution is 0.102. The zero-order valence-electron chi connectivity index (χ0n) is 21.5. The number of aryl methyl sites for hydroxylation is 1. The highest BCUT2D eigenvalue weighted by Gasteiger charge is 2.15. The molecule has 4 aromatic carbocycles. The molecule has 5 nitrogen and oxygen atoms in total. The fourth-order valence-electron chi connectivity index (χ4n) is 4.19. The summed E-state index contributed by atoms with van der Waals surface area (Å²) < 4.78 is 6.10. The number of hydrogen-bond acceptors (Lipinski definition) is 4. The number of rotatable bonds is 7. The van der Waals surface area contributed by atoms with Crippen molar-refractivity contribution in [2.24, 2.45) is 0 Å². The summed E-state index contributed by atoms with van der Waals surface area (Å²) >= 11 is 0. The Labute approximate surface area is 217 Å². The monoisotopic (exact) mass is 493 g/mol. The second-order valence-electron chi connectivity index (χ2n) is 9.08. The molecule has 1 amide bonds. The zero-order valence-corrected chi connectivity index (χ0v) is 21.5. The van der Waals surface area contributed by atoms with Gasteiger partial charge in [-0.05, 0) is 79.8 Å². The second-order valence-corrected chi connectivity index (χ2v) is 9.08. The maximum Gasteiger partial charge on any atom is 0.255 e. The van der Waals surface area contributed by atoms with Crippen LogP contribution < -0.4 is 10.1 Å². The highest BCUT2D eigenvalue weighted by Crippen LogP contribution is 2.39.